The minimum absolute atomic E-state index is 0. The molecule has 2 N–H and O–H groups in total. The van der Waals surface area contributed by atoms with E-state index in [1.165, 1.54) is 4.88 Å². The molecule has 6 nitrogen and oxygen atoms in total. The highest BCUT2D eigenvalue weighted by atomic mass is 35.5. The van der Waals surface area contributed by atoms with E-state index in [0.29, 0.717) is 17.0 Å². The van der Waals surface area contributed by atoms with Crippen molar-refractivity contribution in [2.45, 2.75) is 25.8 Å². The van der Waals surface area contributed by atoms with Gasteiger partial charge in [-0.15, -0.1) is 23.7 Å². The number of rotatable bonds is 8. The van der Waals surface area contributed by atoms with E-state index in [1.807, 2.05) is 12.1 Å². The number of piperazine rings is 1. The number of amides is 1. The van der Waals surface area contributed by atoms with Crippen LogP contribution in [-0.2, 0) is 30.6 Å². The Kier molecular flexibility index (Phi) is 9.33. The number of hydrogen-bond acceptors (Lipinski definition) is 6. The van der Waals surface area contributed by atoms with Crippen molar-refractivity contribution in [3.8, 4) is 0 Å². The summed E-state index contributed by atoms with van der Waals surface area (Å²) in [5.74, 6) is -0.331. The Labute approximate surface area is 211 Å². The van der Waals surface area contributed by atoms with Gasteiger partial charge in [0.2, 0.25) is 5.91 Å². The number of carbonyl (C=O) groups excluding carboxylic acids is 2. The molecule has 0 unspecified atom stereocenters. The third-order valence-electron chi connectivity index (χ3n) is 6.46. The molecular weight excluding hydrogens is 479 g/mol. The molecule has 1 fully saturated rings. The molecule has 4 rings (SSSR count). The van der Waals surface area contributed by atoms with Crippen LogP contribution in [0.15, 0.2) is 24.3 Å². The lowest BCUT2D eigenvalue weighted by Gasteiger charge is -2.34. The first-order valence-corrected chi connectivity index (χ1v) is 12.4. The van der Waals surface area contributed by atoms with Crippen molar-refractivity contribution in [1.82, 2.24) is 14.7 Å². The van der Waals surface area contributed by atoms with E-state index >= 15 is 0 Å². The van der Waals surface area contributed by atoms with Crippen molar-refractivity contribution >= 4 is 47.0 Å². The summed E-state index contributed by atoms with van der Waals surface area (Å²) in [6.07, 6.45) is 1.40. The molecule has 0 bridgehead atoms. The molecule has 180 valence electrons. The summed E-state index contributed by atoms with van der Waals surface area (Å²) in [6.45, 7) is 8.37. The monoisotopic (exact) mass is 510 g/mol. The van der Waals surface area contributed by atoms with Crippen molar-refractivity contribution in [3.63, 3.8) is 0 Å². The van der Waals surface area contributed by atoms with Gasteiger partial charge in [-0.2, -0.15) is 0 Å². The second kappa shape index (κ2) is 11.8. The molecular formula is C24H32Cl2N4O2S. The van der Waals surface area contributed by atoms with Gasteiger partial charge in [0, 0.05) is 80.0 Å². The average Bonchev–Trinajstić information content (AvgIpc) is 3.12. The maximum atomic E-state index is 12.7. The highest BCUT2D eigenvalue weighted by molar-refractivity contribution is 7.12. The topological polar surface area (TPSA) is 69.9 Å². The molecule has 33 heavy (non-hydrogen) atoms. The minimum atomic E-state index is -0.414. The molecule has 0 aliphatic carbocycles. The van der Waals surface area contributed by atoms with Crippen LogP contribution < -0.4 is 5.73 Å². The number of nitrogens with zero attached hydrogens (tertiary/aromatic N) is 3. The lowest BCUT2D eigenvalue weighted by molar-refractivity contribution is -0.117. The highest BCUT2D eigenvalue weighted by Gasteiger charge is 2.28. The fraction of sp³-hybridized carbons (Fsp3) is 0.500. The molecule has 2 aliphatic rings. The van der Waals surface area contributed by atoms with Crippen LogP contribution in [0.1, 0.15) is 31.2 Å². The van der Waals surface area contributed by atoms with Gasteiger partial charge >= 0.3 is 0 Å². The van der Waals surface area contributed by atoms with E-state index in [4.69, 9.17) is 17.3 Å². The van der Waals surface area contributed by atoms with Gasteiger partial charge in [0.25, 0.3) is 0 Å². The van der Waals surface area contributed by atoms with E-state index < -0.39 is 5.91 Å². The predicted molar refractivity (Wildman–Crippen MR) is 137 cm³/mol. The van der Waals surface area contributed by atoms with Gasteiger partial charge in [0.15, 0.2) is 0 Å². The molecule has 2 aromatic rings. The fourth-order valence-electron chi connectivity index (χ4n) is 4.54. The van der Waals surface area contributed by atoms with Crippen LogP contribution in [0.3, 0.4) is 0 Å². The Morgan fingerprint density at radius 3 is 2.33 bits per heavy atom. The third kappa shape index (κ3) is 6.78. The lowest BCUT2D eigenvalue weighted by Crippen LogP contribution is -2.47. The first-order chi connectivity index (χ1) is 15.4. The Morgan fingerprint density at radius 2 is 1.67 bits per heavy atom. The van der Waals surface area contributed by atoms with Crippen LogP contribution in [0.5, 0.6) is 0 Å². The second-order valence-electron chi connectivity index (χ2n) is 8.86. The van der Waals surface area contributed by atoms with Crippen LogP contribution >= 0.6 is 35.3 Å². The van der Waals surface area contributed by atoms with Gasteiger partial charge in [0.1, 0.15) is 5.78 Å². The van der Waals surface area contributed by atoms with Gasteiger partial charge < -0.3 is 10.6 Å². The molecule has 0 atom stereocenters. The number of nitrogens with two attached hydrogens (primary N) is 1. The Balaban J connectivity index is 0.00000306. The van der Waals surface area contributed by atoms with Gasteiger partial charge in [-0.3, -0.25) is 19.4 Å². The zero-order valence-corrected chi connectivity index (χ0v) is 21.4. The smallest absolute Gasteiger partial charge is 0.250 e. The standard InChI is InChI=1S/C24H31ClN4O2S.ClH/c1-27-8-10-28(11-9-27)12-13-29-7-6-20-22(16-29)32-21(23(20)24(26)31)15-19(30)14-17-2-4-18(25)5-3-17;/h2-5H,6-16H2,1H3,(H2,26,31);1H. The van der Waals surface area contributed by atoms with Gasteiger partial charge in [-0.25, -0.2) is 0 Å². The van der Waals surface area contributed by atoms with E-state index in [-0.39, 0.29) is 24.6 Å². The Morgan fingerprint density at radius 1 is 1.00 bits per heavy atom. The van der Waals surface area contributed by atoms with E-state index in [9.17, 15) is 9.59 Å². The van der Waals surface area contributed by atoms with Crippen molar-refractivity contribution in [2.24, 2.45) is 5.73 Å². The first kappa shape index (κ1) is 26.1. The van der Waals surface area contributed by atoms with Crippen LogP contribution in [0.2, 0.25) is 5.02 Å². The number of halogens is 2. The zero-order chi connectivity index (χ0) is 22.7. The number of primary amides is 1. The maximum Gasteiger partial charge on any atom is 0.250 e. The number of benzene rings is 1. The normalized spacial score (nSPS) is 17.4. The summed E-state index contributed by atoms with van der Waals surface area (Å²) in [6, 6.07) is 7.32. The van der Waals surface area contributed by atoms with Crippen molar-refractivity contribution in [2.75, 3.05) is 52.9 Å². The van der Waals surface area contributed by atoms with E-state index in [1.54, 1.807) is 23.5 Å². The Hall–Kier alpha value is -1.48. The zero-order valence-electron chi connectivity index (χ0n) is 19.0. The molecule has 2 aliphatic heterocycles. The molecule has 0 saturated carbocycles. The summed E-state index contributed by atoms with van der Waals surface area (Å²) in [5, 5.41) is 0.653. The second-order valence-corrected chi connectivity index (χ2v) is 10.5. The fourth-order valence-corrected chi connectivity index (χ4v) is 6.10. The van der Waals surface area contributed by atoms with Crippen LogP contribution in [-0.4, -0.2) is 79.3 Å². The summed E-state index contributed by atoms with van der Waals surface area (Å²) in [5.41, 5.74) is 8.33. The van der Waals surface area contributed by atoms with Gasteiger partial charge in [-0.05, 0) is 36.7 Å². The number of ketones is 1. The SMILES string of the molecule is CN1CCN(CCN2CCc3c(sc(CC(=O)Cc4ccc(Cl)cc4)c3C(N)=O)C2)CC1.Cl. The number of Topliss-reactive ketones (excluding diaryl/α,β-unsaturated/α-hetero) is 1. The molecule has 0 radical (unpaired) electrons. The third-order valence-corrected chi connectivity index (χ3v) is 7.92. The molecule has 0 spiro atoms. The molecule has 1 aromatic heterocycles. The van der Waals surface area contributed by atoms with E-state index in [2.05, 4.69) is 21.7 Å². The molecule has 1 amide bonds. The number of carbonyl (C=O) groups is 2. The number of fused-ring (bicyclic) bond motifs is 1. The summed E-state index contributed by atoms with van der Waals surface area (Å²) < 4.78 is 0. The van der Waals surface area contributed by atoms with Crippen LogP contribution in [0.25, 0.3) is 0 Å². The molecule has 1 saturated heterocycles. The summed E-state index contributed by atoms with van der Waals surface area (Å²) in [7, 11) is 2.18. The highest BCUT2D eigenvalue weighted by Crippen LogP contribution is 2.33. The van der Waals surface area contributed by atoms with Crippen molar-refractivity contribution < 1.29 is 9.59 Å². The van der Waals surface area contributed by atoms with Crippen molar-refractivity contribution in [1.29, 1.82) is 0 Å². The predicted octanol–water partition coefficient (Wildman–Crippen LogP) is 2.88. The summed E-state index contributed by atoms with van der Waals surface area (Å²) >= 11 is 7.52. The van der Waals surface area contributed by atoms with Crippen LogP contribution in [0, 0.1) is 0 Å². The van der Waals surface area contributed by atoms with Crippen LogP contribution in [0.4, 0.5) is 0 Å². The van der Waals surface area contributed by atoms with Gasteiger partial charge in [0.05, 0.1) is 5.56 Å². The number of hydrogen-bond donors (Lipinski definition) is 1. The number of thiophene rings is 1. The quantitative estimate of drug-likeness (QED) is 0.591. The van der Waals surface area contributed by atoms with E-state index in [0.717, 1.165) is 74.8 Å². The molecule has 3 heterocycles. The van der Waals surface area contributed by atoms with Crippen molar-refractivity contribution in [3.05, 3.63) is 55.7 Å². The Bertz CT molecular complexity index is 972. The minimum Gasteiger partial charge on any atom is -0.366 e. The molecule has 9 heteroatoms. The number of likely N-dealkylation sites (N-methyl/N-ethyl adjacent to an activating group) is 1. The molecule has 1 aromatic carbocycles. The lowest BCUT2D eigenvalue weighted by atomic mass is 9.98. The van der Waals surface area contributed by atoms with Gasteiger partial charge in [-0.1, -0.05) is 23.7 Å². The maximum absolute atomic E-state index is 12.7. The largest absolute Gasteiger partial charge is 0.366 e. The first-order valence-electron chi connectivity index (χ1n) is 11.2. The average molecular weight is 512 g/mol. The summed E-state index contributed by atoms with van der Waals surface area (Å²) in [4.78, 5) is 34.3.